The standard InChI is InChI=1S/C17H30O3/c1-18-15-6-2-13(3-7-15)10-14-4-8-16(9-5-14)19-11-17-12-20-17/h13-17H,2-12H2,1H3. The highest BCUT2D eigenvalue weighted by atomic mass is 16.6. The second-order valence-electron chi connectivity index (χ2n) is 7.05. The first-order chi connectivity index (χ1) is 9.83. The lowest BCUT2D eigenvalue weighted by atomic mass is 9.76. The molecule has 1 heterocycles. The van der Waals surface area contributed by atoms with Crippen LogP contribution in [0, 0.1) is 11.8 Å². The molecule has 3 fully saturated rings. The maximum Gasteiger partial charge on any atom is 0.104 e. The summed E-state index contributed by atoms with van der Waals surface area (Å²) in [6.45, 7) is 1.75. The van der Waals surface area contributed by atoms with Crippen molar-refractivity contribution in [2.75, 3.05) is 20.3 Å². The lowest BCUT2D eigenvalue weighted by molar-refractivity contribution is 0.00530. The van der Waals surface area contributed by atoms with Crippen LogP contribution in [0.15, 0.2) is 0 Å². The van der Waals surface area contributed by atoms with Crippen molar-refractivity contribution in [3.8, 4) is 0 Å². The molecule has 3 aliphatic rings. The summed E-state index contributed by atoms with van der Waals surface area (Å²) in [4.78, 5) is 0. The Kier molecular flexibility index (Phi) is 5.36. The predicted octanol–water partition coefficient (Wildman–Crippen LogP) is 3.56. The molecule has 2 aliphatic carbocycles. The van der Waals surface area contributed by atoms with Gasteiger partial charge in [0, 0.05) is 7.11 Å². The van der Waals surface area contributed by atoms with Gasteiger partial charge in [0.25, 0.3) is 0 Å². The zero-order valence-electron chi connectivity index (χ0n) is 12.9. The molecule has 1 saturated heterocycles. The molecule has 3 nitrogen and oxygen atoms in total. The number of methoxy groups -OCH3 is 1. The van der Waals surface area contributed by atoms with Crippen molar-refractivity contribution in [1.29, 1.82) is 0 Å². The van der Waals surface area contributed by atoms with E-state index in [1.54, 1.807) is 0 Å². The normalized spacial score (nSPS) is 41.5. The maximum atomic E-state index is 5.93. The van der Waals surface area contributed by atoms with Gasteiger partial charge in [-0.15, -0.1) is 0 Å². The Morgan fingerprint density at radius 1 is 0.850 bits per heavy atom. The van der Waals surface area contributed by atoms with Crippen molar-refractivity contribution in [2.24, 2.45) is 11.8 Å². The van der Waals surface area contributed by atoms with Gasteiger partial charge < -0.3 is 14.2 Å². The summed E-state index contributed by atoms with van der Waals surface area (Å²) in [5.74, 6) is 1.92. The van der Waals surface area contributed by atoms with E-state index < -0.39 is 0 Å². The van der Waals surface area contributed by atoms with Crippen LogP contribution in [0.5, 0.6) is 0 Å². The molecule has 2 saturated carbocycles. The van der Waals surface area contributed by atoms with Crippen LogP contribution in [0.4, 0.5) is 0 Å². The van der Waals surface area contributed by atoms with Crippen molar-refractivity contribution < 1.29 is 14.2 Å². The Morgan fingerprint density at radius 2 is 1.40 bits per heavy atom. The average Bonchev–Trinajstić information content (AvgIpc) is 3.32. The number of rotatable bonds is 6. The minimum atomic E-state index is 0.420. The molecule has 20 heavy (non-hydrogen) atoms. The van der Waals surface area contributed by atoms with Crippen LogP contribution < -0.4 is 0 Å². The summed E-state index contributed by atoms with van der Waals surface area (Å²) >= 11 is 0. The molecule has 0 spiro atoms. The van der Waals surface area contributed by atoms with E-state index in [1.807, 2.05) is 7.11 Å². The number of hydrogen-bond donors (Lipinski definition) is 0. The van der Waals surface area contributed by atoms with Crippen molar-refractivity contribution in [3.63, 3.8) is 0 Å². The Morgan fingerprint density at radius 3 is 1.90 bits per heavy atom. The summed E-state index contributed by atoms with van der Waals surface area (Å²) < 4.78 is 16.6. The van der Waals surface area contributed by atoms with E-state index in [-0.39, 0.29) is 0 Å². The van der Waals surface area contributed by atoms with Crippen molar-refractivity contribution >= 4 is 0 Å². The van der Waals surface area contributed by atoms with E-state index in [2.05, 4.69) is 0 Å². The van der Waals surface area contributed by atoms with Crippen LogP contribution in [-0.2, 0) is 14.2 Å². The highest BCUT2D eigenvalue weighted by Gasteiger charge is 2.29. The minimum Gasteiger partial charge on any atom is -0.381 e. The number of ether oxygens (including phenoxy) is 3. The Balaban J connectivity index is 1.30. The van der Waals surface area contributed by atoms with Crippen LogP contribution in [0.3, 0.4) is 0 Å². The second kappa shape index (κ2) is 7.24. The fourth-order valence-electron chi connectivity index (χ4n) is 4.02. The van der Waals surface area contributed by atoms with Gasteiger partial charge >= 0.3 is 0 Å². The molecule has 1 atom stereocenters. The van der Waals surface area contributed by atoms with Gasteiger partial charge in [0.2, 0.25) is 0 Å². The van der Waals surface area contributed by atoms with Crippen LogP contribution >= 0.6 is 0 Å². The third-order valence-corrected chi connectivity index (χ3v) is 5.51. The molecule has 1 aliphatic heterocycles. The van der Waals surface area contributed by atoms with E-state index in [4.69, 9.17) is 14.2 Å². The molecule has 0 radical (unpaired) electrons. The molecule has 0 amide bonds. The SMILES string of the molecule is COC1CCC(CC2CCC(OCC3CO3)CC2)CC1. The lowest BCUT2D eigenvalue weighted by Gasteiger charge is -2.33. The maximum absolute atomic E-state index is 5.93. The first-order valence-electron chi connectivity index (χ1n) is 8.59. The van der Waals surface area contributed by atoms with Gasteiger partial charge in [-0.25, -0.2) is 0 Å². The van der Waals surface area contributed by atoms with Crippen molar-refractivity contribution in [3.05, 3.63) is 0 Å². The van der Waals surface area contributed by atoms with Crippen LogP contribution in [0.25, 0.3) is 0 Å². The highest BCUT2D eigenvalue weighted by molar-refractivity contribution is 4.79. The van der Waals surface area contributed by atoms with Crippen LogP contribution in [-0.4, -0.2) is 38.6 Å². The number of hydrogen-bond acceptors (Lipinski definition) is 3. The van der Waals surface area contributed by atoms with Gasteiger partial charge in [-0.3, -0.25) is 0 Å². The molecule has 0 aromatic rings. The molecule has 3 rings (SSSR count). The van der Waals surface area contributed by atoms with E-state index in [1.165, 1.54) is 57.8 Å². The molecule has 0 aromatic carbocycles. The summed E-state index contributed by atoms with van der Waals surface area (Å²) in [6, 6.07) is 0. The molecular formula is C17H30O3. The van der Waals surface area contributed by atoms with Gasteiger partial charge in [-0.1, -0.05) is 0 Å². The van der Waals surface area contributed by atoms with Crippen molar-refractivity contribution in [1.82, 2.24) is 0 Å². The van der Waals surface area contributed by atoms with E-state index >= 15 is 0 Å². The van der Waals surface area contributed by atoms with E-state index in [0.29, 0.717) is 18.3 Å². The van der Waals surface area contributed by atoms with Gasteiger partial charge in [-0.2, -0.15) is 0 Å². The Labute approximate surface area is 123 Å². The number of epoxide rings is 1. The summed E-state index contributed by atoms with van der Waals surface area (Å²) in [5.41, 5.74) is 0. The largest absolute Gasteiger partial charge is 0.381 e. The van der Waals surface area contributed by atoms with Gasteiger partial charge in [0.1, 0.15) is 6.10 Å². The highest BCUT2D eigenvalue weighted by Crippen LogP contribution is 2.36. The van der Waals surface area contributed by atoms with E-state index in [9.17, 15) is 0 Å². The summed E-state index contributed by atoms with van der Waals surface area (Å²) in [6.07, 6.45) is 13.5. The molecule has 0 aromatic heterocycles. The smallest absolute Gasteiger partial charge is 0.104 e. The fourth-order valence-corrected chi connectivity index (χ4v) is 4.02. The third-order valence-electron chi connectivity index (χ3n) is 5.51. The summed E-state index contributed by atoms with van der Waals surface area (Å²) in [5, 5.41) is 0. The molecule has 116 valence electrons. The molecule has 0 bridgehead atoms. The monoisotopic (exact) mass is 282 g/mol. The van der Waals surface area contributed by atoms with Crippen molar-refractivity contribution in [2.45, 2.75) is 76.1 Å². The average molecular weight is 282 g/mol. The zero-order chi connectivity index (χ0) is 13.8. The second-order valence-corrected chi connectivity index (χ2v) is 7.05. The lowest BCUT2D eigenvalue weighted by Crippen LogP contribution is -2.26. The molecular weight excluding hydrogens is 252 g/mol. The van der Waals surface area contributed by atoms with Crippen LogP contribution in [0.1, 0.15) is 57.8 Å². The molecule has 0 N–H and O–H groups in total. The first kappa shape index (κ1) is 14.8. The minimum absolute atomic E-state index is 0.420. The van der Waals surface area contributed by atoms with Crippen LogP contribution in [0.2, 0.25) is 0 Å². The van der Waals surface area contributed by atoms with Gasteiger partial charge in [0.15, 0.2) is 0 Å². The predicted molar refractivity (Wildman–Crippen MR) is 78.8 cm³/mol. The quantitative estimate of drug-likeness (QED) is 0.698. The molecule has 1 unspecified atom stereocenters. The first-order valence-corrected chi connectivity index (χ1v) is 8.59. The summed E-state index contributed by atoms with van der Waals surface area (Å²) in [7, 11) is 1.86. The molecule has 3 heteroatoms. The zero-order valence-corrected chi connectivity index (χ0v) is 12.9. The van der Waals surface area contributed by atoms with Gasteiger partial charge in [-0.05, 0) is 69.6 Å². The Hall–Kier alpha value is -0.120. The topological polar surface area (TPSA) is 31.0 Å². The fraction of sp³-hybridized carbons (Fsp3) is 1.00. The van der Waals surface area contributed by atoms with E-state index in [0.717, 1.165) is 25.0 Å². The Bertz CT molecular complexity index is 274. The van der Waals surface area contributed by atoms with Gasteiger partial charge in [0.05, 0.1) is 25.4 Å². The third kappa shape index (κ3) is 4.44.